The molecule has 1 aromatic carbocycles. The van der Waals surface area contributed by atoms with Gasteiger partial charge >= 0.3 is 0 Å². The number of nitrogen functional groups attached to an aromatic ring is 1. The van der Waals surface area contributed by atoms with Gasteiger partial charge in [-0.2, -0.15) is 0 Å². The Kier molecular flexibility index (Phi) is 5.01. The molecular formula is C16H24N2O2. The van der Waals surface area contributed by atoms with Crippen molar-refractivity contribution in [2.75, 3.05) is 12.8 Å². The van der Waals surface area contributed by atoms with Crippen LogP contribution in [0, 0.1) is 0 Å². The minimum Gasteiger partial charge on any atom is -0.398 e. The van der Waals surface area contributed by atoms with Crippen molar-refractivity contribution in [1.29, 1.82) is 0 Å². The standard InChI is InChI=1S/C16H24N2O2/c1-12(20-2)7-10-16(19)18(14-8-9-14)11-13-5-3-4-6-15(13)17/h3-6,12,14H,7-11,17H2,1-2H3. The first-order chi connectivity index (χ1) is 9.61. The average Bonchev–Trinajstić information content (AvgIpc) is 3.28. The minimum absolute atomic E-state index is 0.127. The van der Waals surface area contributed by atoms with Gasteiger partial charge in [-0.15, -0.1) is 0 Å². The molecule has 0 heterocycles. The van der Waals surface area contributed by atoms with Crippen LogP contribution in [0.15, 0.2) is 24.3 Å². The van der Waals surface area contributed by atoms with Crippen LogP contribution in [0.5, 0.6) is 0 Å². The van der Waals surface area contributed by atoms with E-state index in [1.165, 1.54) is 0 Å². The number of nitrogens with two attached hydrogens (primary N) is 1. The van der Waals surface area contributed by atoms with Crippen molar-refractivity contribution in [2.45, 2.75) is 51.3 Å². The molecule has 20 heavy (non-hydrogen) atoms. The third kappa shape index (κ3) is 3.97. The summed E-state index contributed by atoms with van der Waals surface area (Å²) >= 11 is 0. The van der Waals surface area contributed by atoms with E-state index < -0.39 is 0 Å². The maximum atomic E-state index is 12.4. The molecule has 1 fully saturated rings. The van der Waals surface area contributed by atoms with Crippen LogP contribution in [-0.4, -0.2) is 30.1 Å². The van der Waals surface area contributed by atoms with Crippen LogP contribution in [0.1, 0.15) is 38.2 Å². The van der Waals surface area contributed by atoms with E-state index in [9.17, 15) is 4.79 Å². The van der Waals surface area contributed by atoms with E-state index in [0.29, 0.717) is 19.0 Å². The van der Waals surface area contributed by atoms with Gasteiger partial charge in [0.25, 0.3) is 0 Å². The van der Waals surface area contributed by atoms with Gasteiger partial charge in [0.2, 0.25) is 5.91 Å². The number of anilines is 1. The molecule has 0 bridgehead atoms. The summed E-state index contributed by atoms with van der Waals surface area (Å²) in [6.45, 7) is 2.61. The maximum absolute atomic E-state index is 12.4. The highest BCUT2D eigenvalue weighted by molar-refractivity contribution is 5.77. The maximum Gasteiger partial charge on any atom is 0.223 e. The first kappa shape index (κ1) is 14.9. The van der Waals surface area contributed by atoms with Crippen LogP contribution < -0.4 is 5.73 Å². The third-order valence-corrected chi connectivity index (χ3v) is 3.87. The molecule has 4 nitrogen and oxygen atoms in total. The average molecular weight is 276 g/mol. The lowest BCUT2D eigenvalue weighted by molar-refractivity contribution is -0.133. The van der Waals surface area contributed by atoms with E-state index >= 15 is 0 Å². The molecule has 1 amide bonds. The van der Waals surface area contributed by atoms with Crippen LogP contribution in [0.4, 0.5) is 5.69 Å². The van der Waals surface area contributed by atoms with Crippen molar-refractivity contribution in [3.63, 3.8) is 0 Å². The summed E-state index contributed by atoms with van der Waals surface area (Å²) < 4.78 is 5.20. The predicted octanol–water partition coefficient (Wildman–Crippen LogP) is 2.57. The van der Waals surface area contributed by atoms with E-state index in [0.717, 1.165) is 30.5 Å². The van der Waals surface area contributed by atoms with Crippen molar-refractivity contribution in [1.82, 2.24) is 4.90 Å². The van der Waals surface area contributed by atoms with Crippen molar-refractivity contribution < 1.29 is 9.53 Å². The molecule has 1 aromatic rings. The van der Waals surface area contributed by atoms with Gasteiger partial charge in [-0.3, -0.25) is 4.79 Å². The van der Waals surface area contributed by atoms with Crippen LogP contribution in [0.2, 0.25) is 0 Å². The number of hydrogen-bond donors (Lipinski definition) is 1. The van der Waals surface area contributed by atoms with Gasteiger partial charge in [0, 0.05) is 31.8 Å². The molecule has 2 N–H and O–H groups in total. The molecule has 1 aliphatic rings. The Labute approximate surface area is 120 Å². The Morgan fingerprint density at radius 2 is 2.15 bits per heavy atom. The first-order valence-corrected chi connectivity index (χ1v) is 7.27. The second kappa shape index (κ2) is 6.75. The summed E-state index contributed by atoms with van der Waals surface area (Å²) in [6.07, 6.45) is 3.65. The molecular weight excluding hydrogens is 252 g/mol. The highest BCUT2D eigenvalue weighted by Crippen LogP contribution is 2.30. The Bertz CT molecular complexity index is 458. The lowest BCUT2D eigenvalue weighted by Crippen LogP contribution is -2.33. The lowest BCUT2D eigenvalue weighted by Gasteiger charge is -2.24. The number of amides is 1. The van der Waals surface area contributed by atoms with E-state index in [2.05, 4.69) is 0 Å². The van der Waals surface area contributed by atoms with Crippen molar-refractivity contribution in [3.05, 3.63) is 29.8 Å². The van der Waals surface area contributed by atoms with Crippen LogP contribution >= 0.6 is 0 Å². The molecule has 0 spiro atoms. The minimum atomic E-state index is 0.127. The number of benzene rings is 1. The summed E-state index contributed by atoms with van der Waals surface area (Å²) in [4.78, 5) is 14.4. The molecule has 0 aromatic heterocycles. The first-order valence-electron chi connectivity index (χ1n) is 7.27. The molecule has 1 saturated carbocycles. The zero-order valence-corrected chi connectivity index (χ0v) is 12.3. The Morgan fingerprint density at radius 3 is 2.75 bits per heavy atom. The molecule has 0 saturated heterocycles. The van der Waals surface area contributed by atoms with Crippen molar-refractivity contribution >= 4 is 11.6 Å². The number of carbonyl (C=O) groups is 1. The van der Waals surface area contributed by atoms with Gasteiger partial charge in [-0.25, -0.2) is 0 Å². The van der Waals surface area contributed by atoms with Crippen LogP contribution in [-0.2, 0) is 16.1 Å². The Balaban J connectivity index is 1.97. The second-order valence-corrected chi connectivity index (χ2v) is 5.54. The molecule has 0 aliphatic heterocycles. The van der Waals surface area contributed by atoms with Crippen LogP contribution in [0.25, 0.3) is 0 Å². The largest absolute Gasteiger partial charge is 0.398 e. The molecule has 110 valence electrons. The third-order valence-electron chi connectivity index (χ3n) is 3.87. The highest BCUT2D eigenvalue weighted by Gasteiger charge is 2.32. The summed E-state index contributed by atoms with van der Waals surface area (Å²) in [5, 5.41) is 0. The number of carbonyl (C=O) groups excluding carboxylic acids is 1. The molecule has 0 radical (unpaired) electrons. The molecule has 1 atom stereocenters. The van der Waals surface area contributed by atoms with Crippen molar-refractivity contribution in [3.8, 4) is 0 Å². The lowest BCUT2D eigenvalue weighted by atomic mass is 10.1. The molecule has 2 rings (SSSR count). The zero-order valence-electron chi connectivity index (χ0n) is 12.3. The number of ether oxygens (including phenoxy) is 1. The zero-order chi connectivity index (χ0) is 14.5. The smallest absolute Gasteiger partial charge is 0.223 e. The number of nitrogens with zero attached hydrogens (tertiary/aromatic N) is 1. The van der Waals surface area contributed by atoms with E-state index in [1.807, 2.05) is 36.1 Å². The van der Waals surface area contributed by atoms with Gasteiger partial charge in [0.1, 0.15) is 0 Å². The monoisotopic (exact) mass is 276 g/mol. The summed E-state index contributed by atoms with van der Waals surface area (Å²) in [7, 11) is 1.68. The number of methoxy groups -OCH3 is 1. The van der Waals surface area contributed by atoms with E-state index in [4.69, 9.17) is 10.5 Å². The number of hydrogen-bond acceptors (Lipinski definition) is 3. The van der Waals surface area contributed by atoms with E-state index in [1.54, 1.807) is 7.11 Å². The van der Waals surface area contributed by atoms with Gasteiger partial charge in [-0.1, -0.05) is 18.2 Å². The summed E-state index contributed by atoms with van der Waals surface area (Å²) in [5.41, 5.74) is 7.77. The SMILES string of the molecule is COC(C)CCC(=O)N(Cc1ccccc1N)C1CC1. The number of rotatable bonds is 7. The number of para-hydroxylation sites is 1. The Morgan fingerprint density at radius 1 is 1.45 bits per heavy atom. The normalized spacial score (nSPS) is 15.9. The molecule has 1 aliphatic carbocycles. The predicted molar refractivity (Wildman–Crippen MR) is 80.1 cm³/mol. The molecule has 1 unspecified atom stereocenters. The second-order valence-electron chi connectivity index (χ2n) is 5.54. The fourth-order valence-corrected chi connectivity index (χ4v) is 2.26. The molecule has 4 heteroatoms. The topological polar surface area (TPSA) is 55.6 Å². The van der Waals surface area contributed by atoms with E-state index in [-0.39, 0.29) is 12.0 Å². The summed E-state index contributed by atoms with van der Waals surface area (Å²) in [6, 6.07) is 8.17. The summed E-state index contributed by atoms with van der Waals surface area (Å²) in [5.74, 6) is 0.208. The highest BCUT2D eigenvalue weighted by atomic mass is 16.5. The fourth-order valence-electron chi connectivity index (χ4n) is 2.26. The van der Waals surface area contributed by atoms with Gasteiger partial charge in [0.15, 0.2) is 0 Å². The Hall–Kier alpha value is -1.55. The van der Waals surface area contributed by atoms with Crippen molar-refractivity contribution in [2.24, 2.45) is 0 Å². The quantitative estimate of drug-likeness (QED) is 0.779. The van der Waals surface area contributed by atoms with Crippen LogP contribution in [0.3, 0.4) is 0 Å². The fraction of sp³-hybridized carbons (Fsp3) is 0.562. The van der Waals surface area contributed by atoms with Gasteiger partial charge in [0.05, 0.1) is 6.10 Å². The van der Waals surface area contributed by atoms with Gasteiger partial charge in [-0.05, 0) is 37.8 Å². The van der Waals surface area contributed by atoms with Gasteiger partial charge < -0.3 is 15.4 Å².